The lowest BCUT2D eigenvalue weighted by Crippen LogP contribution is -2.43. The highest BCUT2D eigenvalue weighted by atomic mass is 19.4. The van der Waals surface area contributed by atoms with E-state index in [1.807, 2.05) is 0 Å². The molecule has 0 aliphatic carbocycles. The van der Waals surface area contributed by atoms with Crippen LogP contribution in [0.2, 0.25) is 0 Å². The predicted molar refractivity (Wildman–Crippen MR) is 148 cm³/mol. The van der Waals surface area contributed by atoms with E-state index in [1.165, 1.54) is 36.4 Å². The molecule has 0 fully saturated rings. The molecule has 0 spiro atoms. The number of esters is 1. The highest BCUT2D eigenvalue weighted by Crippen LogP contribution is 2.29. The van der Waals surface area contributed by atoms with Gasteiger partial charge in [-0.3, -0.25) is 4.79 Å². The van der Waals surface area contributed by atoms with Crippen molar-refractivity contribution >= 4 is 46.6 Å². The molecular formula is C30H22F3N3O6. The summed E-state index contributed by atoms with van der Waals surface area (Å²) in [5.74, 6) is -2.88. The van der Waals surface area contributed by atoms with E-state index in [4.69, 9.17) is 4.74 Å². The van der Waals surface area contributed by atoms with Gasteiger partial charge in [0.2, 0.25) is 0 Å². The average molecular weight is 578 g/mol. The van der Waals surface area contributed by atoms with Crippen LogP contribution in [-0.2, 0) is 22.1 Å². The van der Waals surface area contributed by atoms with Crippen LogP contribution in [0.15, 0.2) is 78.0 Å². The van der Waals surface area contributed by atoms with E-state index in [-0.39, 0.29) is 34.3 Å². The second kappa shape index (κ2) is 12.4. The van der Waals surface area contributed by atoms with E-state index in [2.05, 4.69) is 15.5 Å². The molecule has 4 rings (SSSR count). The monoisotopic (exact) mass is 577 g/mol. The summed E-state index contributed by atoms with van der Waals surface area (Å²) in [6, 6.07) is 15.2. The van der Waals surface area contributed by atoms with Crippen LogP contribution in [0.25, 0.3) is 23.1 Å². The van der Waals surface area contributed by atoms with E-state index in [0.717, 1.165) is 25.3 Å². The maximum Gasteiger partial charge on any atom is 0.416 e. The minimum absolute atomic E-state index is 0.0194. The normalized spacial score (nSPS) is 12.2. The molecule has 4 aromatic rings. The number of aromatic nitrogens is 1. The lowest BCUT2D eigenvalue weighted by Gasteiger charge is -2.17. The summed E-state index contributed by atoms with van der Waals surface area (Å²) in [4.78, 5) is 52.5. The van der Waals surface area contributed by atoms with Crippen LogP contribution >= 0.6 is 0 Å². The van der Waals surface area contributed by atoms with Gasteiger partial charge in [-0.2, -0.15) is 13.2 Å². The molecule has 12 heteroatoms. The van der Waals surface area contributed by atoms with Gasteiger partial charge in [-0.15, -0.1) is 4.91 Å². The highest BCUT2D eigenvalue weighted by Gasteiger charge is 2.30. The fraction of sp³-hybridized carbons (Fsp3) is 0.133. The molecule has 0 unspecified atom stereocenters. The first-order chi connectivity index (χ1) is 20.0. The van der Waals surface area contributed by atoms with Crippen LogP contribution in [0.5, 0.6) is 0 Å². The fourth-order valence-electron chi connectivity index (χ4n) is 4.11. The van der Waals surface area contributed by atoms with Crippen LogP contribution in [-0.4, -0.2) is 41.1 Å². The number of amides is 1. The van der Waals surface area contributed by atoms with Crippen molar-refractivity contribution in [3.63, 3.8) is 0 Å². The lowest BCUT2D eigenvalue weighted by molar-refractivity contribution is -0.143. The average Bonchev–Trinajstić information content (AvgIpc) is 2.98. The van der Waals surface area contributed by atoms with E-state index in [1.54, 1.807) is 30.4 Å². The molecule has 1 atom stereocenters. The zero-order valence-corrected chi connectivity index (χ0v) is 21.9. The Balaban J connectivity index is 1.59. The summed E-state index contributed by atoms with van der Waals surface area (Å²) in [5, 5.41) is 15.4. The number of hydrogen-bond donors (Lipinski definition) is 2. The van der Waals surface area contributed by atoms with Gasteiger partial charge in [0.15, 0.2) is 0 Å². The third-order valence-corrected chi connectivity index (χ3v) is 6.27. The number of fused-ring (bicyclic) bond motifs is 1. The summed E-state index contributed by atoms with van der Waals surface area (Å²) in [5.41, 5.74) is 0.798. The van der Waals surface area contributed by atoms with E-state index in [9.17, 15) is 37.6 Å². The standard InChI is InChI=1S/C30H22F3N3O6/c1-42-29(40)26(15-19-6-11-21(36-41)12-7-19)35-27(37)25-16-23(28(38)39)22-14-18(8-13-24(22)34-25)3-2-17-4-9-20(10-5-17)30(31,32)33/h2-14,16,26H,15H2,1H3,(H,35,37)(H,38,39)/b3-2+/t26-/m0/s1. The molecular weight excluding hydrogens is 555 g/mol. The third-order valence-electron chi connectivity index (χ3n) is 6.27. The van der Waals surface area contributed by atoms with Gasteiger partial charge in [-0.1, -0.05) is 42.5 Å². The van der Waals surface area contributed by atoms with Crippen LogP contribution in [0.1, 0.15) is 43.1 Å². The van der Waals surface area contributed by atoms with Gasteiger partial charge < -0.3 is 15.2 Å². The number of pyridine rings is 1. The number of nitroso groups, excluding NO2 is 1. The minimum atomic E-state index is -4.45. The Bertz CT molecular complexity index is 1680. The Morgan fingerprint density at radius 2 is 1.62 bits per heavy atom. The van der Waals surface area contributed by atoms with Crippen molar-refractivity contribution in [3.05, 3.63) is 111 Å². The van der Waals surface area contributed by atoms with Gasteiger partial charge >= 0.3 is 18.1 Å². The largest absolute Gasteiger partial charge is 0.478 e. The summed E-state index contributed by atoms with van der Waals surface area (Å²) < 4.78 is 43.2. The van der Waals surface area contributed by atoms with E-state index < -0.39 is 35.6 Å². The molecule has 42 heavy (non-hydrogen) atoms. The molecule has 0 bridgehead atoms. The Morgan fingerprint density at radius 3 is 2.21 bits per heavy atom. The number of carboxylic acids is 1. The van der Waals surface area contributed by atoms with Crippen molar-refractivity contribution < 1.29 is 37.4 Å². The molecule has 1 heterocycles. The molecule has 1 amide bonds. The summed E-state index contributed by atoms with van der Waals surface area (Å²) in [6.45, 7) is 0. The number of ether oxygens (including phenoxy) is 1. The number of benzene rings is 3. The minimum Gasteiger partial charge on any atom is -0.478 e. The van der Waals surface area contributed by atoms with Gasteiger partial charge in [0.25, 0.3) is 5.91 Å². The van der Waals surface area contributed by atoms with Gasteiger partial charge in [-0.25, -0.2) is 14.6 Å². The van der Waals surface area contributed by atoms with E-state index >= 15 is 0 Å². The predicted octanol–water partition coefficient (Wildman–Crippen LogP) is 6.03. The molecule has 0 aliphatic heterocycles. The smallest absolute Gasteiger partial charge is 0.416 e. The van der Waals surface area contributed by atoms with Gasteiger partial charge in [0.1, 0.15) is 17.4 Å². The third kappa shape index (κ3) is 7.02. The van der Waals surface area contributed by atoms with Crippen molar-refractivity contribution in [1.29, 1.82) is 0 Å². The number of nitrogens with one attached hydrogen (secondary N) is 1. The van der Waals surface area contributed by atoms with E-state index in [0.29, 0.717) is 16.7 Å². The second-order valence-electron chi connectivity index (χ2n) is 9.10. The number of hydrogen-bond acceptors (Lipinski definition) is 7. The molecule has 0 aliphatic rings. The number of aromatic carboxylic acids is 1. The molecule has 0 radical (unpaired) electrons. The first kappa shape index (κ1) is 29.6. The van der Waals surface area contributed by atoms with Crippen LogP contribution < -0.4 is 5.32 Å². The molecule has 0 saturated carbocycles. The number of carbonyl (C=O) groups is 3. The highest BCUT2D eigenvalue weighted by molar-refractivity contribution is 6.06. The number of carbonyl (C=O) groups excluding carboxylic acids is 2. The van der Waals surface area contributed by atoms with Crippen LogP contribution in [0, 0.1) is 4.91 Å². The number of carboxylic acid groups (broad SMARTS) is 1. The zero-order valence-electron chi connectivity index (χ0n) is 21.9. The van der Waals surface area contributed by atoms with Crippen LogP contribution in [0.4, 0.5) is 18.9 Å². The fourth-order valence-corrected chi connectivity index (χ4v) is 4.11. The van der Waals surface area contributed by atoms with Crippen molar-refractivity contribution in [3.8, 4) is 0 Å². The van der Waals surface area contributed by atoms with Crippen molar-refractivity contribution in [1.82, 2.24) is 10.3 Å². The van der Waals surface area contributed by atoms with Crippen LogP contribution in [0.3, 0.4) is 0 Å². The molecule has 3 aromatic carbocycles. The lowest BCUT2D eigenvalue weighted by atomic mass is 10.0. The van der Waals surface area contributed by atoms with Crippen molar-refractivity contribution in [2.45, 2.75) is 18.6 Å². The summed E-state index contributed by atoms with van der Waals surface area (Å²) in [7, 11) is 1.15. The number of methoxy groups -OCH3 is 1. The quantitative estimate of drug-likeness (QED) is 0.141. The Labute approximate surface area is 236 Å². The number of rotatable bonds is 9. The molecule has 214 valence electrons. The Morgan fingerprint density at radius 1 is 0.976 bits per heavy atom. The maximum atomic E-state index is 13.1. The summed E-state index contributed by atoms with van der Waals surface area (Å²) >= 11 is 0. The van der Waals surface area contributed by atoms with Crippen molar-refractivity contribution in [2.75, 3.05) is 7.11 Å². The molecule has 9 nitrogen and oxygen atoms in total. The molecule has 2 N–H and O–H groups in total. The van der Waals surface area contributed by atoms with Gasteiger partial charge in [-0.05, 0) is 64.3 Å². The number of halogens is 3. The molecule has 0 saturated heterocycles. The SMILES string of the molecule is COC(=O)[C@H](Cc1ccc(N=O)cc1)NC(=O)c1cc(C(=O)O)c2cc(/C=C/c3ccc(C(F)(F)F)cc3)ccc2n1. The maximum absolute atomic E-state index is 13.1. The summed E-state index contributed by atoms with van der Waals surface area (Å²) in [6.07, 6.45) is -1.25. The van der Waals surface area contributed by atoms with Gasteiger partial charge in [0, 0.05) is 11.8 Å². The zero-order chi connectivity index (χ0) is 30.4. The Kier molecular flexibility index (Phi) is 8.75. The first-order valence-electron chi connectivity index (χ1n) is 12.3. The van der Waals surface area contributed by atoms with Crippen molar-refractivity contribution in [2.24, 2.45) is 5.18 Å². The number of alkyl halides is 3. The first-order valence-corrected chi connectivity index (χ1v) is 12.3. The Hall–Kier alpha value is -5.39. The molecule has 1 aromatic heterocycles. The second-order valence-corrected chi connectivity index (χ2v) is 9.10. The van der Waals surface area contributed by atoms with Gasteiger partial charge in [0.05, 0.1) is 23.8 Å². The number of nitrogens with zero attached hydrogens (tertiary/aromatic N) is 2. The topological polar surface area (TPSA) is 135 Å².